The van der Waals surface area contributed by atoms with Crippen LogP contribution in [0.4, 0.5) is 4.39 Å². The molecule has 0 saturated carbocycles. The van der Waals surface area contributed by atoms with E-state index in [0.717, 1.165) is 6.26 Å². The fourth-order valence-electron chi connectivity index (χ4n) is 2.33. The second-order valence-electron chi connectivity index (χ2n) is 6.12. The summed E-state index contributed by atoms with van der Waals surface area (Å²) in [6, 6.07) is 5.23. The van der Waals surface area contributed by atoms with E-state index in [1.54, 1.807) is 24.3 Å². The van der Waals surface area contributed by atoms with E-state index in [0.29, 0.717) is 22.5 Å². The molecule has 0 bridgehead atoms. The van der Waals surface area contributed by atoms with E-state index in [1.165, 1.54) is 12.4 Å². The van der Waals surface area contributed by atoms with Crippen molar-refractivity contribution >= 4 is 39.1 Å². The van der Waals surface area contributed by atoms with E-state index in [4.69, 9.17) is 23.2 Å². The van der Waals surface area contributed by atoms with Crippen molar-refractivity contribution < 1.29 is 22.7 Å². The van der Waals surface area contributed by atoms with Crippen molar-refractivity contribution in [2.45, 2.75) is 23.5 Å². The summed E-state index contributed by atoms with van der Waals surface area (Å²) in [6.07, 6.45) is 2.67. The minimum absolute atomic E-state index is 0.0268. The number of rotatable bonds is 9. The fourth-order valence-corrected chi connectivity index (χ4v) is 2.87. The largest absolute Gasteiger partial charge is 0.386 e. The normalized spacial score (nSPS) is 13.9. The van der Waals surface area contributed by atoms with Gasteiger partial charge < -0.3 is 10.4 Å². The average molecular weight is 465 g/mol. The number of benzene rings is 1. The maximum Gasteiger partial charge on any atom is 0.253 e. The summed E-state index contributed by atoms with van der Waals surface area (Å²) in [4.78, 5) is 18.5. The van der Waals surface area contributed by atoms with Gasteiger partial charge in [0.05, 0.1) is 42.6 Å². The molecule has 2 atom stereocenters. The molecule has 0 aliphatic rings. The lowest BCUT2D eigenvalue weighted by Crippen LogP contribution is -2.43. The first-order valence-electron chi connectivity index (χ1n) is 8.29. The van der Waals surface area contributed by atoms with E-state index < -0.39 is 39.6 Å². The number of alkyl halides is 3. The molecule has 3 N–H and O–H groups in total. The monoisotopic (exact) mass is 464 g/mol. The van der Waals surface area contributed by atoms with E-state index in [2.05, 4.69) is 20.0 Å². The van der Waals surface area contributed by atoms with Gasteiger partial charge in [0.15, 0.2) is 4.84 Å². The van der Waals surface area contributed by atoms with Crippen LogP contribution >= 0.6 is 23.2 Å². The van der Waals surface area contributed by atoms with Gasteiger partial charge in [0.2, 0.25) is 10.0 Å². The van der Waals surface area contributed by atoms with Crippen molar-refractivity contribution in [2.24, 2.45) is 0 Å². The van der Waals surface area contributed by atoms with Crippen LogP contribution in [-0.4, -0.2) is 53.2 Å². The highest BCUT2D eigenvalue weighted by Gasteiger charge is 2.25. The Hall–Kier alpha value is -1.85. The standard InChI is InChI=1S/C17H19Cl2FN4O4S/c1-29(27,28)23-8-12-7-22-14(9-21-12)10-2-4-11(5-3-10)15(25)13(6-20)24-17(26)16(18)19/h2-5,7,9,13,15-16,23,25H,6,8H2,1H3,(H,24,26). The number of sulfonamides is 1. The van der Waals surface area contributed by atoms with Crippen molar-refractivity contribution in [2.75, 3.05) is 12.9 Å². The van der Waals surface area contributed by atoms with Crippen LogP contribution in [0.25, 0.3) is 11.3 Å². The van der Waals surface area contributed by atoms with Crippen molar-refractivity contribution in [1.82, 2.24) is 20.0 Å². The highest BCUT2D eigenvalue weighted by atomic mass is 35.5. The van der Waals surface area contributed by atoms with Crippen molar-refractivity contribution in [3.05, 3.63) is 47.9 Å². The zero-order valence-electron chi connectivity index (χ0n) is 15.2. The third kappa shape index (κ3) is 7.16. The third-order valence-electron chi connectivity index (χ3n) is 3.84. The number of aromatic nitrogens is 2. The van der Waals surface area contributed by atoms with Crippen LogP contribution in [0.5, 0.6) is 0 Å². The SMILES string of the molecule is CS(=O)(=O)NCc1cnc(-c2ccc(C(O)C(CF)NC(=O)C(Cl)Cl)cc2)cn1. The molecule has 8 nitrogen and oxygen atoms in total. The summed E-state index contributed by atoms with van der Waals surface area (Å²) >= 11 is 10.8. The summed E-state index contributed by atoms with van der Waals surface area (Å²) in [5.74, 6) is -0.799. The molecule has 0 radical (unpaired) electrons. The van der Waals surface area contributed by atoms with Crippen LogP contribution in [0.3, 0.4) is 0 Å². The summed E-state index contributed by atoms with van der Waals surface area (Å²) in [5, 5.41) is 12.5. The van der Waals surface area contributed by atoms with Crippen LogP contribution < -0.4 is 10.0 Å². The zero-order chi connectivity index (χ0) is 21.6. The van der Waals surface area contributed by atoms with Crippen molar-refractivity contribution in [3.8, 4) is 11.3 Å². The number of nitrogens with one attached hydrogen (secondary N) is 2. The minimum Gasteiger partial charge on any atom is -0.386 e. The summed E-state index contributed by atoms with van der Waals surface area (Å²) in [7, 11) is -3.33. The lowest BCUT2D eigenvalue weighted by atomic mass is 10.0. The van der Waals surface area contributed by atoms with Gasteiger partial charge in [-0.1, -0.05) is 47.5 Å². The van der Waals surface area contributed by atoms with E-state index in [-0.39, 0.29) is 6.54 Å². The lowest BCUT2D eigenvalue weighted by molar-refractivity contribution is -0.121. The van der Waals surface area contributed by atoms with Crippen LogP contribution in [0.1, 0.15) is 17.4 Å². The second-order valence-corrected chi connectivity index (χ2v) is 9.05. The molecule has 158 valence electrons. The summed E-state index contributed by atoms with van der Waals surface area (Å²) < 4.78 is 37.7. The number of carbonyl (C=O) groups excluding carboxylic acids is 1. The Kier molecular flexibility index (Phi) is 8.29. The molecule has 1 amide bonds. The van der Waals surface area contributed by atoms with Crippen LogP contribution in [0, 0.1) is 0 Å². The number of hydrogen-bond donors (Lipinski definition) is 3. The molecule has 2 aromatic rings. The first-order valence-corrected chi connectivity index (χ1v) is 11.1. The molecule has 0 saturated heterocycles. The second kappa shape index (κ2) is 10.3. The third-order valence-corrected chi connectivity index (χ3v) is 4.91. The number of amides is 1. The molecule has 0 fully saturated rings. The van der Waals surface area contributed by atoms with Gasteiger partial charge in [0.25, 0.3) is 5.91 Å². The number of nitrogens with zero attached hydrogens (tertiary/aromatic N) is 2. The highest BCUT2D eigenvalue weighted by Crippen LogP contribution is 2.22. The maximum absolute atomic E-state index is 13.2. The van der Waals surface area contributed by atoms with Gasteiger partial charge in [-0.2, -0.15) is 0 Å². The highest BCUT2D eigenvalue weighted by molar-refractivity contribution is 7.88. The molecule has 0 aliphatic heterocycles. The van der Waals surface area contributed by atoms with Gasteiger partial charge in [0, 0.05) is 5.56 Å². The molecule has 1 aromatic carbocycles. The van der Waals surface area contributed by atoms with Crippen LogP contribution in [0.2, 0.25) is 0 Å². The number of carbonyl (C=O) groups is 1. The summed E-state index contributed by atoms with van der Waals surface area (Å²) in [6.45, 7) is -0.983. The Morgan fingerprint density at radius 3 is 2.34 bits per heavy atom. The quantitative estimate of drug-likeness (QED) is 0.483. The molecular formula is C17H19Cl2FN4O4S. The topological polar surface area (TPSA) is 121 Å². The Labute approximate surface area is 177 Å². The average Bonchev–Trinajstić information content (AvgIpc) is 2.69. The smallest absolute Gasteiger partial charge is 0.253 e. The van der Waals surface area contributed by atoms with E-state index in [9.17, 15) is 22.7 Å². The molecule has 1 heterocycles. The number of halogens is 3. The molecule has 0 aliphatic carbocycles. The van der Waals surface area contributed by atoms with Gasteiger partial charge in [-0.05, 0) is 5.56 Å². The van der Waals surface area contributed by atoms with Crippen molar-refractivity contribution in [1.29, 1.82) is 0 Å². The predicted molar refractivity (Wildman–Crippen MR) is 108 cm³/mol. The first kappa shape index (κ1) is 23.4. The molecule has 2 rings (SSSR count). The van der Waals surface area contributed by atoms with Gasteiger partial charge in [0.1, 0.15) is 12.8 Å². The summed E-state index contributed by atoms with van der Waals surface area (Å²) in [5.41, 5.74) is 2.03. The first-order chi connectivity index (χ1) is 13.6. The van der Waals surface area contributed by atoms with Gasteiger partial charge in [-0.25, -0.2) is 17.5 Å². The molecule has 2 unspecified atom stereocenters. The van der Waals surface area contributed by atoms with Crippen LogP contribution in [0.15, 0.2) is 36.7 Å². The molecule has 1 aromatic heterocycles. The van der Waals surface area contributed by atoms with Gasteiger partial charge in [-0.3, -0.25) is 14.8 Å². The Morgan fingerprint density at radius 2 is 1.86 bits per heavy atom. The minimum atomic E-state index is -3.33. The zero-order valence-corrected chi connectivity index (χ0v) is 17.5. The number of hydrogen-bond acceptors (Lipinski definition) is 6. The maximum atomic E-state index is 13.2. The van der Waals surface area contributed by atoms with E-state index >= 15 is 0 Å². The van der Waals surface area contributed by atoms with E-state index in [1.807, 2.05) is 0 Å². The number of aliphatic hydroxyl groups is 1. The number of aliphatic hydroxyl groups excluding tert-OH is 1. The predicted octanol–water partition coefficient (Wildman–Crippen LogP) is 1.48. The molecular weight excluding hydrogens is 446 g/mol. The molecule has 0 spiro atoms. The fraction of sp³-hybridized carbons (Fsp3) is 0.353. The molecule has 12 heteroatoms. The van der Waals surface area contributed by atoms with Crippen molar-refractivity contribution in [3.63, 3.8) is 0 Å². The molecule has 29 heavy (non-hydrogen) atoms. The Bertz CT molecular complexity index is 927. The van der Waals surface area contributed by atoms with Gasteiger partial charge in [-0.15, -0.1) is 0 Å². The lowest BCUT2D eigenvalue weighted by Gasteiger charge is -2.22. The van der Waals surface area contributed by atoms with Gasteiger partial charge >= 0.3 is 0 Å². The van der Waals surface area contributed by atoms with Crippen LogP contribution in [-0.2, 0) is 21.4 Å². The Balaban J connectivity index is 2.08. The Morgan fingerprint density at radius 1 is 1.21 bits per heavy atom.